The molecule has 0 radical (unpaired) electrons. The molecule has 0 spiro atoms. The average molecular weight is 463 g/mol. The van der Waals surface area contributed by atoms with Crippen molar-refractivity contribution in [2.75, 3.05) is 0 Å². The van der Waals surface area contributed by atoms with Gasteiger partial charge in [-0.25, -0.2) is 9.99 Å². The second-order valence-corrected chi connectivity index (χ2v) is 8.95. The Kier molecular flexibility index (Phi) is 5.59. The van der Waals surface area contributed by atoms with Crippen molar-refractivity contribution in [2.24, 2.45) is 5.10 Å². The van der Waals surface area contributed by atoms with Crippen molar-refractivity contribution < 1.29 is 9.90 Å². The number of para-hydroxylation sites is 1. The minimum atomic E-state index is -0.440. The highest BCUT2D eigenvalue weighted by Crippen LogP contribution is 2.38. The number of allylic oxidation sites excluding steroid dienone is 4. The molecular weight excluding hydrogens is 444 g/mol. The number of halogens is 1. The number of pyridine rings is 1. The second-order valence-electron chi connectivity index (χ2n) is 7.53. The van der Waals surface area contributed by atoms with E-state index in [4.69, 9.17) is 11.6 Å². The fraction of sp³-hybridized carbons (Fsp3) is 0.167. The van der Waals surface area contributed by atoms with Crippen LogP contribution in [-0.4, -0.2) is 37.1 Å². The van der Waals surface area contributed by atoms with Crippen LogP contribution in [0.25, 0.3) is 5.57 Å². The van der Waals surface area contributed by atoms with E-state index in [1.165, 1.54) is 16.3 Å². The lowest BCUT2D eigenvalue weighted by Crippen LogP contribution is -2.27. The summed E-state index contributed by atoms with van der Waals surface area (Å²) in [4.78, 5) is 22.2. The summed E-state index contributed by atoms with van der Waals surface area (Å²) in [6, 6.07) is 10.3. The van der Waals surface area contributed by atoms with Crippen LogP contribution in [0.5, 0.6) is 5.75 Å². The molecule has 1 aromatic carbocycles. The van der Waals surface area contributed by atoms with Crippen LogP contribution in [0.1, 0.15) is 45.5 Å². The van der Waals surface area contributed by atoms with Crippen LogP contribution in [0.15, 0.2) is 77.5 Å². The number of aromatic hydroxyl groups is 1. The number of rotatable bonds is 4. The Morgan fingerprint density at radius 2 is 2.09 bits per heavy atom. The fourth-order valence-corrected chi connectivity index (χ4v) is 4.86. The summed E-state index contributed by atoms with van der Waals surface area (Å²) in [5.41, 5.74) is 3.44. The number of aromatic nitrogens is 2. The summed E-state index contributed by atoms with van der Waals surface area (Å²) >= 11 is 7.64. The van der Waals surface area contributed by atoms with Crippen LogP contribution < -0.4 is 0 Å². The normalized spacial score (nSPS) is 20.2. The maximum atomic E-state index is 13.5. The van der Waals surface area contributed by atoms with Crippen LogP contribution in [-0.2, 0) is 0 Å². The van der Waals surface area contributed by atoms with Gasteiger partial charge < -0.3 is 5.11 Å². The molecular formula is C24H19ClN4O2S. The number of benzene rings is 1. The van der Waals surface area contributed by atoms with Gasteiger partial charge in [0.15, 0.2) is 0 Å². The molecule has 1 N–H and O–H groups in total. The highest BCUT2D eigenvalue weighted by Gasteiger charge is 2.36. The summed E-state index contributed by atoms with van der Waals surface area (Å²) < 4.78 is 0. The molecule has 3 aromatic rings. The minimum Gasteiger partial charge on any atom is -0.508 e. The summed E-state index contributed by atoms with van der Waals surface area (Å²) in [7, 11) is 0. The van der Waals surface area contributed by atoms with Gasteiger partial charge in [-0.05, 0) is 18.6 Å². The highest BCUT2D eigenvalue weighted by atomic mass is 35.5. The van der Waals surface area contributed by atoms with Crippen molar-refractivity contribution >= 4 is 40.1 Å². The van der Waals surface area contributed by atoms with E-state index in [1.54, 1.807) is 29.9 Å². The van der Waals surface area contributed by atoms with Crippen molar-refractivity contribution in [3.63, 3.8) is 0 Å². The topological polar surface area (TPSA) is 78.7 Å². The van der Waals surface area contributed by atoms with E-state index >= 15 is 0 Å². The number of hydrazone groups is 1. The quantitative estimate of drug-likeness (QED) is 0.541. The molecule has 5 rings (SSSR count). The highest BCUT2D eigenvalue weighted by molar-refractivity contribution is 7.11. The lowest BCUT2D eigenvalue weighted by Gasteiger charge is -2.22. The standard InChI is InChI=1S/C24H19ClN4O2S/c25-17-7-3-5-15(11-17)23-27-20(14-32-23)24(31)29-21(18-8-1-2-9-22(18)30)12-19(28-29)16-6-4-10-26-13-16/h1-6,8-11,13-14,17,21,30H,7,12H2. The molecule has 0 bridgehead atoms. The van der Waals surface area contributed by atoms with Crippen molar-refractivity contribution in [3.8, 4) is 5.75 Å². The van der Waals surface area contributed by atoms with Gasteiger partial charge in [-0.2, -0.15) is 5.10 Å². The zero-order valence-corrected chi connectivity index (χ0v) is 18.5. The van der Waals surface area contributed by atoms with Gasteiger partial charge in [-0.3, -0.25) is 9.78 Å². The average Bonchev–Trinajstić information content (AvgIpc) is 3.48. The lowest BCUT2D eigenvalue weighted by atomic mass is 9.98. The summed E-state index contributed by atoms with van der Waals surface area (Å²) in [5, 5.41) is 18.9. The third-order valence-corrected chi connectivity index (χ3v) is 6.59. The predicted octanol–water partition coefficient (Wildman–Crippen LogP) is 5.19. The Morgan fingerprint density at radius 3 is 2.88 bits per heavy atom. The Bertz CT molecular complexity index is 1250. The number of alkyl halides is 1. The number of phenolic OH excluding ortho intramolecular Hbond substituents is 1. The number of carbonyl (C=O) groups excluding carboxylic acids is 1. The molecule has 6 nitrogen and oxygen atoms in total. The maximum Gasteiger partial charge on any atom is 0.294 e. The first-order chi connectivity index (χ1) is 15.6. The molecule has 0 saturated carbocycles. The molecule has 8 heteroatoms. The van der Waals surface area contributed by atoms with Crippen molar-refractivity contribution in [3.05, 3.63) is 94.2 Å². The number of hydrogen-bond donors (Lipinski definition) is 1. The van der Waals surface area contributed by atoms with Crippen molar-refractivity contribution in [1.82, 2.24) is 15.0 Å². The zero-order chi connectivity index (χ0) is 22.1. The molecule has 2 aromatic heterocycles. The Hall–Kier alpha value is -3.29. The first-order valence-electron chi connectivity index (χ1n) is 10.2. The number of hydrogen-bond acceptors (Lipinski definition) is 6. The monoisotopic (exact) mass is 462 g/mol. The molecule has 160 valence electrons. The predicted molar refractivity (Wildman–Crippen MR) is 126 cm³/mol. The molecule has 1 aliphatic heterocycles. The van der Waals surface area contributed by atoms with Crippen LogP contribution in [0.3, 0.4) is 0 Å². The van der Waals surface area contributed by atoms with E-state index in [0.717, 1.165) is 28.3 Å². The number of thiazole rings is 1. The smallest absolute Gasteiger partial charge is 0.294 e. The molecule has 3 heterocycles. The van der Waals surface area contributed by atoms with E-state index in [2.05, 4.69) is 15.1 Å². The van der Waals surface area contributed by atoms with Gasteiger partial charge in [0.25, 0.3) is 5.91 Å². The third kappa shape index (κ3) is 3.97. The van der Waals surface area contributed by atoms with Gasteiger partial charge >= 0.3 is 0 Å². The van der Waals surface area contributed by atoms with E-state index in [9.17, 15) is 9.90 Å². The van der Waals surface area contributed by atoms with Crippen LogP contribution >= 0.6 is 22.9 Å². The molecule has 2 atom stereocenters. The first-order valence-corrected chi connectivity index (χ1v) is 11.5. The Balaban J connectivity index is 1.50. The van der Waals surface area contributed by atoms with Crippen LogP contribution in [0, 0.1) is 0 Å². The molecule has 32 heavy (non-hydrogen) atoms. The van der Waals surface area contributed by atoms with Crippen molar-refractivity contribution in [1.29, 1.82) is 0 Å². The van der Waals surface area contributed by atoms with Gasteiger partial charge in [-0.15, -0.1) is 22.9 Å². The first kappa shape index (κ1) is 20.6. The Labute approximate surface area is 194 Å². The number of carbonyl (C=O) groups is 1. The molecule has 2 aliphatic rings. The van der Waals surface area contributed by atoms with Crippen LogP contribution in [0.4, 0.5) is 0 Å². The summed E-state index contributed by atoms with van der Waals surface area (Å²) in [5.74, 6) is -0.190. The van der Waals surface area contributed by atoms with Gasteiger partial charge in [0.1, 0.15) is 16.5 Å². The summed E-state index contributed by atoms with van der Waals surface area (Å²) in [6.07, 6.45) is 10.6. The zero-order valence-electron chi connectivity index (χ0n) is 16.9. The van der Waals surface area contributed by atoms with Crippen LogP contribution in [0.2, 0.25) is 0 Å². The number of nitrogens with zero attached hydrogens (tertiary/aromatic N) is 4. The fourth-order valence-electron chi connectivity index (χ4n) is 3.83. The second kappa shape index (κ2) is 8.68. The summed E-state index contributed by atoms with van der Waals surface area (Å²) in [6.45, 7) is 0. The van der Waals surface area contributed by atoms with E-state index in [-0.39, 0.29) is 17.0 Å². The third-order valence-electron chi connectivity index (χ3n) is 5.40. The SMILES string of the molecule is O=C(c1csc(C2=CC(Cl)CC=C2)n1)N1N=C(c2cccnc2)CC1c1ccccc1O. The number of amides is 1. The van der Waals surface area contributed by atoms with Gasteiger partial charge in [0, 0.05) is 40.9 Å². The minimum absolute atomic E-state index is 0.0753. The molecule has 2 unspecified atom stereocenters. The molecule has 0 fully saturated rings. The van der Waals surface area contributed by atoms with Gasteiger partial charge in [-0.1, -0.05) is 42.5 Å². The number of phenols is 1. The molecule has 1 amide bonds. The van der Waals surface area contributed by atoms with E-state index in [1.807, 2.05) is 42.5 Å². The lowest BCUT2D eigenvalue weighted by molar-refractivity contribution is 0.0704. The Morgan fingerprint density at radius 1 is 1.22 bits per heavy atom. The van der Waals surface area contributed by atoms with E-state index in [0.29, 0.717) is 17.7 Å². The van der Waals surface area contributed by atoms with E-state index < -0.39 is 6.04 Å². The van der Waals surface area contributed by atoms with Gasteiger partial charge in [0.2, 0.25) is 0 Å². The molecule has 1 aliphatic carbocycles. The van der Waals surface area contributed by atoms with Gasteiger partial charge in [0.05, 0.1) is 17.1 Å². The molecule has 0 saturated heterocycles. The largest absolute Gasteiger partial charge is 0.508 e. The maximum absolute atomic E-state index is 13.5. The van der Waals surface area contributed by atoms with Crippen molar-refractivity contribution in [2.45, 2.75) is 24.3 Å².